The van der Waals surface area contributed by atoms with Crippen LogP contribution in [0.5, 0.6) is 5.88 Å². The van der Waals surface area contributed by atoms with Crippen LogP contribution in [0, 0.1) is 0 Å². The van der Waals surface area contributed by atoms with Gasteiger partial charge in [-0.15, -0.1) is 0 Å². The topological polar surface area (TPSA) is 67.3 Å². The van der Waals surface area contributed by atoms with Gasteiger partial charge in [0.1, 0.15) is 6.33 Å². The number of halogens is 2. The second kappa shape index (κ2) is 7.97. The Morgan fingerprint density at radius 1 is 0.967 bits per heavy atom. The van der Waals surface area contributed by atoms with E-state index in [9.17, 15) is 8.78 Å². The lowest BCUT2D eigenvalue weighted by Crippen LogP contribution is -2.47. The van der Waals surface area contributed by atoms with Crippen LogP contribution in [0.25, 0.3) is 10.9 Å². The molecule has 3 aromatic rings. The Morgan fingerprint density at radius 2 is 1.73 bits per heavy atom. The monoisotopic (exact) mass is 412 g/mol. The molecule has 0 bridgehead atoms. The van der Waals surface area contributed by atoms with Crippen molar-refractivity contribution in [3.63, 3.8) is 0 Å². The number of hydrogen-bond acceptors (Lipinski definition) is 7. The van der Waals surface area contributed by atoms with Gasteiger partial charge in [0.25, 0.3) is 6.43 Å². The number of alkyl halides is 2. The molecule has 5 rings (SSSR count). The van der Waals surface area contributed by atoms with Crippen molar-refractivity contribution in [1.82, 2.24) is 19.9 Å². The minimum atomic E-state index is -2.55. The number of hydrogen-bond donors (Lipinski definition) is 0. The first kappa shape index (κ1) is 18.9. The number of aromatic nitrogens is 4. The Hall–Kier alpha value is -3.10. The highest BCUT2D eigenvalue weighted by molar-refractivity contribution is 5.86. The summed E-state index contributed by atoms with van der Waals surface area (Å²) in [5.74, 6) is 1.75. The number of rotatable bonds is 6. The Bertz CT molecular complexity index is 1040. The van der Waals surface area contributed by atoms with E-state index in [0.717, 1.165) is 43.4 Å². The van der Waals surface area contributed by atoms with Gasteiger partial charge in [0, 0.05) is 50.2 Å². The van der Waals surface area contributed by atoms with Gasteiger partial charge in [0.2, 0.25) is 5.88 Å². The van der Waals surface area contributed by atoms with E-state index in [2.05, 4.69) is 29.7 Å². The average molecular weight is 412 g/mol. The summed E-state index contributed by atoms with van der Waals surface area (Å²) < 4.78 is 30.3. The second-order valence-corrected chi connectivity index (χ2v) is 7.60. The van der Waals surface area contributed by atoms with Gasteiger partial charge in [-0.2, -0.15) is 0 Å². The summed E-state index contributed by atoms with van der Waals surface area (Å²) in [4.78, 5) is 22.0. The minimum Gasteiger partial charge on any atom is -0.471 e. The largest absolute Gasteiger partial charge is 0.471 e. The van der Waals surface area contributed by atoms with E-state index in [1.807, 2.05) is 18.2 Å². The van der Waals surface area contributed by atoms with Crippen LogP contribution >= 0.6 is 0 Å². The van der Waals surface area contributed by atoms with Gasteiger partial charge in [-0.1, -0.05) is 0 Å². The molecule has 0 radical (unpaired) electrons. The van der Waals surface area contributed by atoms with Crippen molar-refractivity contribution in [2.45, 2.75) is 25.2 Å². The van der Waals surface area contributed by atoms with Gasteiger partial charge >= 0.3 is 0 Å². The molecule has 3 heterocycles. The number of piperazine rings is 1. The quantitative estimate of drug-likeness (QED) is 0.616. The van der Waals surface area contributed by atoms with E-state index in [0.29, 0.717) is 16.8 Å². The molecule has 1 aliphatic heterocycles. The fourth-order valence-corrected chi connectivity index (χ4v) is 3.88. The van der Waals surface area contributed by atoms with Crippen LogP contribution in [0.4, 0.5) is 20.3 Å². The molecule has 1 saturated carbocycles. The Labute approximate surface area is 172 Å². The summed E-state index contributed by atoms with van der Waals surface area (Å²) in [7, 11) is 0. The molecule has 1 saturated heterocycles. The Morgan fingerprint density at radius 3 is 2.50 bits per heavy atom. The molecule has 0 N–H and O–H groups in total. The summed E-state index contributed by atoms with van der Waals surface area (Å²) in [6.07, 6.45) is 4.71. The van der Waals surface area contributed by atoms with Crippen LogP contribution in [0.2, 0.25) is 0 Å². The van der Waals surface area contributed by atoms with Crippen LogP contribution in [-0.2, 0) is 0 Å². The Kier molecular flexibility index (Phi) is 5.02. The Balaban J connectivity index is 1.33. The van der Waals surface area contributed by atoms with E-state index in [1.54, 1.807) is 12.4 Å². The summed E-state index contributed by atoms with van der Waals surface area (Å²) in [6.45, 7) is 2.66. The van der Waals surface area contributed by atoms with Crippen molar-refractivity contribution in [3.8, 4) is 5.88 Å². The van der Waals surface area contributed by atoms with Crippen LogP contribution < -0.4 is 14.5 Å². The highest BCUT2D eigenvalue weighted by atomic mass is 19.3. The smallest absolute Gasteiger partial charge is 0.272 e. The molecule has 0 spiro atoms. The standard InChI is InChI=1S/C21H22F2N6O/c22-18(23)12-30-21-16-11-15(3-4-17(16)26-13-27-21)28-7-9-29(10-8-28)20-19(14-1-2-14)24-5-6-25-20/h3-6,11,13-14,18H,1-2,7-10,12H2. The fraction of sp³-hybridized carbons (Fsp3) is 0.429. The van der Waals surface area contributed by atoms with E-state index in [-0.39, 0.29) is 5.88 Å². The number of benzene rings is 1. The normalized spacial score (nSPS) is 17.0. The molecule has 2 aromatic heterocycles. The SMILES string of the molecule is FC(F)COc1ncnc2ccc(N3CCN(c4nccnc4C4CC4)CC3)cc12. The lowest BCUT2D eigenvalue weighted by molar-refractivity contribution is 0.0804. The predicted octanol–water partition coefficient (Wildman–Crippen LogP) is 3.27. The first-order chi connectivity index (χ1) is 14.7. The summed E-state index contributed by atoms with van der Waals surface area (Å²) in [5.41, 5.74) is 2.79. The van der Waals surface area contributed by atoms with E-state index < -0.39 is 13.0 Å². The van der Waals surface area contributed by atoms with Crippen molar-refractivity contribution in [2.75, 3.05) is 42.6 Å². The van der Waals surface area contributed by atoms with Crippen LogP contribution in [0.15, 0.2) is 36.9 Å². The molecule has 1 aromatic carbocycles. The van der Waals surface area contributed by atoms with Crippen molar-refractivity contribution in [2.24, 2.45) is 0 Å². The zero-order valence-electron chi connectivity index (χ0n) is 16.4. The lowest BCUT2D eigenvalue weighted by Gasteiger charge is -2.37. The number of nitrogens with zero attached hydrogens (tertiary/aromatic N) is 6. The summed E-state index contributed by atoms with van der Waals surface area (Å²) in [6, 6.07) is 5.80. The van der Waals surface area contributed by atoms with Crippen molar-refractivity contribution in [3.05, 3.63) is 42.6 Å². The molecule has 0 amide bonds. The van der Waals surface area contributed by atoms with E-state index in [1.165, 1.54) is 19.2 Å². The van der Waals surface area contributed by atoms with Crippen molar-refractivity contribution < 1.29 is 13.5 Å². The summed E-state index contributed by atoms with van der Waals surface area (Å²) in [5, 5.41) is 0.642. The maximum Gasteiger partial charge on any atom is 0.272 e. The molecule has 2 aliphatic rings. The zero-order valence-corrected chi connectivity index (χ0v) is 16.4. The van der Waals surface area contributed by atoms with Gasteiger partial charge in [0.05, 0.1) is 16.6 Å². The lowest BCUT2D eigenvalue weighted by atomic mass is 10.1. The molecule has 30 heavy (non-hydrogen) atoms. The maximum absolute atomic E-state index is 12.6. The second-order valence-electron chi connectivity index (χ2n) is 7.60. The first-order valence-electron chi connectivity index (χ1n) is 10.2. The number of fused-ring (bicyclic) bond motifs is 1. The van der Waals surface area contributed by atoms with E-state index >= 15 is 0 Å². The van der Waals surface area contributed by atoms with Gasteiger partial charge in [-0.3, -0.25) is 4.98 Å². The minimum absolute atomic E-state index is 0.189. The molecule has 156 valence electrons. The molecular weight excluding hydrogens is 390 g/mol. The van der Waals surface area contributed by atoms with Crippen molar-refractivity contribution >= 4 is 22.4 Å². The molecule has 2 fully saturated rings. The van der Waals surface area contributed by atoms with Crippen LogP contribution in [-0.4, -0.2) is 59.1 Å². The van der Waals surface area contributed by atoms with E-state index in [4.69, 9.17) is 4.74 Å². The van der Waals surface area contributed by atoms with Crippen LogP contribution in [0.3, 0.4) is 0 Å². The maximum atomic E-state index is 12.6. The third-order valence-corrected chi connectivity index (χ3v) is 5.54. The molecule has 7 nitrogen and oxygen atoms in total. The molecular formula is C21H22F2N6O. The average Bonchev–Trinajstić information content (AvgIpc) is 3.63. The number of ether oxygens (including phenoxy) is 1. The number of anilines is 2. The van der Waals surface area contributed by atoms with Crippen LogP contribution in [0.1, 0.15) is 24.5 Å². The third kappa shape index (κ3) is 3.83. The zero-order chi connectivity index (χ0) is 20.5. The first-order valence-corrected chi connectivity index (χ1v) is 10.2. The van der Waals surface area contributed by atoms with Crippen molar-refractivity contribution in [1.29, 1.82) is 0 Å². The molecule has 1 aliphatic carbocycles. The molecule has 9 heteroatoms. The molecule has 0 atom stereocenters. The van der Waals surface area contributed by atoms with Gasteiger partial charge < -0.3 is 14.5 Å². The van der Waals surface area contributed by atoms with Gasteiger partial charge in [0.15, 0.2) is 12.4 Å². The fourth-order valence-electron chi connectivity index (χ4n) is 3.88. The van der Waals surface area contributed by atoms with Gasteiger partial charge in [-0.05, 0) is 31.0 Å². The molecule has 0 unspecified atom stereocenters. The highest BCUT2D eigenvalue weighted by Gasteiger charge is 2.31. The highest BCUT2D eigenvalue weighted by Crippen LogP contribution is 2.42. The predicted molar refractivity (Wildman–Crippen MR) is 109 cm³/mol. The third-order valence-electron chi connectivity index (χ3n) is 5.54. The van der Waals surface area contributed by atoms with Gasteiger partial charge in [-0.25, -0.2) is 23.7 Å². The summed E-state index contributed by atoms with van der Waals surface area (Å²) >= 11 is 0.